The van der Waals surface area contributed by atoms with Gasteiger partial charge in [-0.2, -0.15) is 0 Å². The number of nitrogens with zero attached hydrogens (tertiary/aromatic N) is 2. The predicted molar refractivity (Wildman–Crippen MR) is 90.3 cm³/mol. The van der Waals surface area contributed by atoms with Crippen molar-refractivity contribution in [1.29, 1.82) is 0 Å². The van der Waals surface area contributed by atoms with E-state index in [1.165, 1.54) is 5.56 Å². The maximum Gasteiger partial charge on any atom is 0.236 e. The Morgan fingerprint density at radius 2 is 1.83 bits per heavy atom. The summed E-state index contributed by atoms with van der Waals surface area (Å²) in [5.74, 6) is 0.924. The molecule has 1 heterocycles. The normalized spacial score (nSPS) is 10.3. The third-order valence-corrected chi connectivity index (χ3v) is 3.68. The van der Waals surface area contributed by atoms with Crippen molar-refractivity contribution < 1.29 is 9.53 Å². The first-order chi connectivity index (χ1) is 11.2. The van der Waals surface area contributed by atoms with Gasteiger partial charge in [-0.15, -0.1) is 0 Å². The summed E-state index contributed by atoms with van der Waals surface area (Å²) in [5, 5.41) is 3.18. The first kappa shape index (κ1) is 17.0. The van der Waals surface area contributed by atoms with Crippen molar-refractivity contribution in [3.8, 4) is 5.75 Å². The van der Waals surface area contributed by atoms with Gasteiger partial charge in [-0.05, 0) is 41.8 Å². The van der Waals surface area contributed by atoms with Crippen molar-refractivity contribution in [2.45, 2.75) is 13.0 Å². The molecule has 5 nitrogen and oxygen atoms in total. The van der Waals surface area contributed by atoms with Gasteiger partial charge in [-0.3, -0.25) is 9.78 Å². The highest BCUT2D eigenvalue weighted by molar-refractivity contribution is 5.77. The van der Waals surface area contributed by atoms with Crippen LogP contribution in [0.4, 0.5) is 0 Å². The molecule has 0 saturated carbocycles. The van der Waals surface area contributed by atoms with Gasteiger partial charge < -0.3 is 15.0 Å². The monoisotopic (exact) mass is 313 g/mol. The molecule has 0 aliphatic heterocycles. The minimum atomic E-state index is 0.0903. The number of methoxy groups -OCH3 is 1. The second-order valence-corrected chi connectivity index (χ2v) is 5.37. The zero-order valence-electron chi connectivity index (χ0n) is 13.7. The van der Waals surface area contributed by atoms with Crippen molar-refractivity contribution in [1.82, 2.24) is 15.2 Å². The highest BCUT2D eigenvalue weighted by Crippen LogP contribution is 2.10. The Kier molecular flexibility index (Phi) is 6.56. The van der Waals surface area contributed by atoms with Crippen LogP contribution in [0.1, 0.15) is 11.1 Å². The number of amides is 1. The number of rotatable bonds is 8. The highest BCUT2D eigenvalue weighted by atomic mass is 16.5. The Morgan fingerprint density at radius 1 is 1.13 bits per heavy atom. The summed E-state index contributed by atoms with van der Waals surface area (Å²) in [6.45, 7) is 1.69. The van der Waals surface area contributed by atoms with Crippen LogP contribution in [0.3, 0.4) is 0 Å². The van der Waals surface area contributed by atoms with Gasteiger partial charge >= 0.3 is 0 Å². The average molecular weight is 313 g/mol. The lowest BCUT2D eigenvalue weighted by atomic mass is 10.2. The van der Waals surface area contributed by atoms with E-state index in [0.29, 0.717) is 19.6 Å². The van der Waals surface area contributed by atoms with Gasteiger partial charge in [-0.1, -0.05) is 12.1 Å². The molecule has 0 radical (unpaired) electrons. The average Bonchev–Trinajstić information content (AvgIpc) is 2.61. The molecule has 1 aromatic heterocycles. The summed E-state index contributed by atoms with van der Waals surface area (Å²) in [6.07, 6.45) is 4.38. The van der Waals surface area contributed by atoms with E-state index >= 15 is 0 Å². The summed E-state index contributed by atoms with van der Waals surface area (Å²) >= 11 is 0. The van der Waals surface area contributed by atoms with Crippen LogP contribution in [-0.2, 0) is 17.8 Å². The second-order valence-electron chi connectivity index (χ2n) is 5.37. The molecule has 0 aliphatic carbocycles. The molecule has 2 rings (SSSR count). The standard InChI is InChI=1S/C18H23N3O2/c1-21(12-9-15-7-10-19-11-8-15)18(22)14-20-13-16-3-5-17(23-2)6-4-16/h3-8,10-11,20H,9,12-14H2,1-2H3. The molecule has 0 fully saturated rings. The number of nitrogens with one attached hydrogen (secondary N) is 1. The lowest BCUT2D eigenvalue weighted by molar-refractivity contribution is -0.128. The third kappa shape index (κ3) is 5.71. The molecule has 23 heavy (non-hydrogen) atoms. The Hall–Kier alpha value is -2.40. The molecule has 1 N–H and O–H groups in total. The van der Waals surface area contributed by atoms with Crippen molar-refractivity contribution in [2.75, 3.05) is 27.2 Å². The maximum atomic E-state index is 12.1. The van der Waals surface area contributed by atoms with E-state index in [2.05, 4.69) is 10.3 Å². The van der Waals surface area contributed by atoms with Gasteiger partial charge in [0.2, 0.25) is 5.91 Å². The molecule has 5 heteroatoms. The van der Waals surface area contributed by atoms with Crippen LogP contribution in [0.15, 0.2) is 48.8 Å². The molecule has 0 aliphatic rings. The van der Waals surface area contributed by atoms with E-state index in [1.807, 2.05) is 43.4 Å². The Balaban J connectivity index is 1.69. The molecular formula is C18H23N3O2. The fourth-order valence-corrected chi connectivity index (χ4v) is 2.16. The van der Waals surface area contributed by atoms with Gasteiger partial charge in [-0.25, -0.2) is 0 Å². The molecule has 0 unspecified atom stereocenters. The SMILES string of the molecule is COc1ccc(CNCC(=O)N(C)CCc2ccncc2)cc1. The van der Waals surface area contributed by atoms with Crippen molar-refractivity contribution in [3.63, 3.8) is 0 Å². The van der Waals surface area contributed by atoms with E-state index in [1.54, 1.807) is 24.4 Å². The minimum Gasteiger partial charge on any atom is -0.497 e. The summed E-state index contributed by atoms with van der Waals surface area (Å²) in [7, 11) is 3.48. The predicted octanol–water partition coefficient (Wildman–Crippen LogP) is 1.88. The van der Waals surface area contributed by atoms with E-state index < -0.39 is 0 Å². The van der Waals surface area contributed by atoms with Crippen molar-refractivity contribution >= 4 is 5.91 Å². The fraction of sp³-hybridized carbons (Fsp3) is 0.333. The number of ether oxygens (including phenoxy) is 1. The van der Waals surface area contributed by atoms with E-state index in [4.69, 9.17) is 4.74 Å². The number of carbonyl (C=O) groups excluding carboxylic acids is 1. The second kappa shape index (κ2) is 8.90. The van der Waals surface area contributed by atoms with Crippen LogP contribution in [0.2, 0.25) is 0 Å². The van der Waals surface area contributed by atoms with Crippen LogP contribution in [0.25, 0.3) is 0 Å². The van der Waals surface area contributed by atoms with Gasteiger partial charge in [0, 0.05) is 32.5 Å². The number of hydrogen-bond acceptors (Lipinski definition) is 4. The van der Waals surface area contributed by atoms with Crippen LogP contribution in [0, 0.1) is 0 Å². The minimum absolute atomic E-state index is 0.0903. The zero-order valence-corrected chi connectivity index (χ0v) is 13.7. The molecule has 122 valence electrons. The smallest absolute Gasteiger partial charge is 0.236 e. The van der Waals surface area contributed by atoms with Crippen molar-refractivity contribution in [2.24, 2.45) is 0 Å². The molecule has 2 aromatic rings. The number of likely N-dealkylation sites (N-methyl/N-ethyl adjacent to an activating group) is 1. The number of pyridine rings is 1. The Morgan fingerprint density at radius 3 is 2.48 bits per heavy atom. The number of benzene rings is 1. The lowest BCUT2D eigenvalue weighted by Crippen LogP contribution is -2.36. The van der Waals surface area contributed by atoms with Crippen LogP contribution in [-0.4, -0.2) is 43.0 Å². The molecule has 0 spiro atoms. The lowest BCUT2D eigenvalue weighted by Gasteiger charge is -2.17. The van der Waals surface area contributed by atoms with E-state index in [0.717, 1.165) is 17.7 Å². The molecular weight excluding hydrogens is 290 g/mol. The number of carbonyl (C=O) groups is 1. The summed E-state index contributed by atoms with van der Waals surface area (Å²) in [4.78, 5) is 17.8. The van der Waals surface area contributed by atoms with E-state index in [-0.39, 0.29) is 5.91 Å². The first-order valence-corrected chi connectivity index (χ1v) is 7.65. The molecule has 1 aromatic carbocycles. The topological polar surface area (TPSA) is 54.5 Å². The van der Waals surface area contributed by atoms with Gasteiger partial charge in [0.15, 0.2) is 0 Å². The Labute approximate surface area is 137 Å². The molecule has 0 bridgehead atoms. The Bertz CT molecular complexity index is 599. The largest absolute Gasteiger partial charge is 0.497 e. The first-order valence-electron chi connectivity index (χ1n) is 7.65. The van der Waals surface area contributed by atoms with Crippen molar-refractivity contribution in [3.05, 3.63) is 59.9 Å². The summed E-state index contributed by atoms with van der Waals surface area (Å²) < 4.78 is 5.12. The van der Waals surface area contributed by atoms with Crippen LogP contribution in [0.5, 0.6) is 5.75 Å². The van der Waals surface area contributed by atoms with Crippen LogP contribution >= 0.6 is 0 Å². The number of aromatic nitrogens is 1. The molecule has 1 amide bonds. The summed E-state index contributed by atoms with van der Waals surface area (Å²) in [6, 6.07) is 11.8. The maximum absolute atomic E-state index is 12.1. The van der Waals surface area contributed by atoms with E-state index in [9.17, 15) is 4.79 Å². The zero-order chi connectivity index (χ0) is 16.5. The van der Waals surface area contributed by atoms with Gasteiger partial charge in [0.1, 0.15) is 5.75 Å². The van der Waals surface area contributed by atoms with Gasteiger partial charge in [0.25, 0.3) is 0 Å². The van der Waals surface area contributed by atoms with Gasteiger partial charge in [0.05, 0.1) is 13.7 Å². The fourth-order valence-electron chi connectivity index (χ4n) is 2.16. The number of hydrogen-bond donors (Lipinski definition) is 1. The van der Waals surface area contributed by atoms with Crippen LogP contribution < -0.4 is 10.1 Å². The summed E-state index contributed by atoms with van der Waals surface area (Å²) in [5.41, 5.74) is 2.31. The molecule has 0 atom stereocenters. The highest BCUT2D eigenvalue weighted by Gasteiger charge is 2.08. The third-order valence-electron chi connectivity index (χ3n) is 3.68. The quantitative estimate of drug-likeness (QED) is 0.808. The molecule has 0 saturated heterocycles.